The Morgan fingerprint density at radius 1 is 0.939 bits per heavy atom. The molecule has 12 heteroatoms. The van der Waals surface area contributed by atoms with Gasteiger partial charge < -0.3 is 20.2 Å². The number of benzene rings is 3. The molecule has 6 rings (SSSR count). The lowest BCUT2D eigenvalue weighted by atomic mass is 9.93. The van der Waals surface area contributed by atoms with Gasteiger partial charge in [-0.25, -0.2) is 4.68 Å². The Balaban J connectivity index is 1.37. The van der Waals surface area contributed by atoms with Crippen LogP contribution in [-0.4, -0.2) is 68.1 Å². The molecule has 4 aromatic rings. The minimum Gasteiger partial charge on any atom is -0.394 e. The van der Waals surface area contributed by atoms with E-state index >= 15 is 0 Å². The van der Waals surface area contributed by atoms with Gasteiger partial charge >= 0.3 is 0 Å². The van der Waals surface area contributed by atoms with Crippen LogP contribution in [0.4, 0.5) is 17.1 Å². The van der Waals surface area contributed by atoms with E-state index in [1.807, 2.05) is 36.1 Å². The number of hydrogen-bond donors (Lipinski definition) is 2. The van der Waals surface area contributed by atoms with Gasteiger partial charge in [0.05, 0.1) is 35.3 Å². The first-order valence-electron chi connectivity index (χ1n) is 16.8. The molecular formula is C37H41N7O4S. The standard InChI is InChI=1S/C37H41N7O4S/c1-4-6-16-42(17-7-5-2)37(48)33-18-24(3)44(39-33)34-15-13-28(38-35(46)26-12-14-31-32(20-26)41-49-40-31)21-30(34)36(47)43-22-27-11-9-8-10-25(27)19-29(43)23-45/h8-15,18,20-21,29,45H,4-7,16-17,19,22-23H2,1-3H3,(H,38,46). The molecule has 1 unspecified atom stereocenters. The van der Waals surface area contributed by atoms with Crippen molar-refractivity contribution in [1.29, 1.82) is 0 Å². The fourth-order valence-electron chi connectivity index (χ4n) is 6.24. The van der Waals surface area contributed by atoms with Gasteiger partial charge in [-0.2, -0.15) is 13.8 Å². The summed E-state index contributed by atoms with van der Waals surface area (Å²) in [6, 6.07) is 19.5. The third-order valence-electron chi connectivity index (χ3n) is 9.01. The van der Waals surface area contributed by atoms with Gasteiger partial charge in [-0.15, -0.1) is 0 Å². The van der Waals surface area contributed by atoms with E-state index in [0.717, 1.165) is 48.2 Å². The van der Waals surface area contributed by atoms with Crippen LogP contribution in [0.2, 0.25) is 0 Å². The SMILES string of the molecule is CCCCN(CCCC)C(=O)c1cc(C)n(-c2ccc(NC(=O)c3ccc4c(c3)N=S=N4)cc2C(=O)N2Cc3ccccc3CC2CO)n1. The number of fused-ring (bicyclic) bond motifs is 2. The number of anilines is 1. The van der Waals surface area contributed by atoms with E-state index in [4.69, 9.17) is 5.10 Å². The maximum Gasteiger partial charge on any atom is 0.274 e. The predicted octanol–water partition coefficient (Wildman–Crippen LogP) is 6.76. The van der Waals surface area contributed by atoms with Crippen molar-refractivity contribution in [3.8, 4) is 5.69 Å². The Morgan fingerprint density at radius 3 is 2.41 bits per heavy atom. The second-order valence-corrected chi connectivity index (χ2v) is 13.0. The zero-order chi connectivity index (χ0) is 34.5. The molecule has 0 aliphatic carbocycles. The molecule has 0 spiro atoms. The fourth-order valence-corrected chi connectivity index (χ4v) is 6.75. The van der Waals surface area contributed by atoms with E-state index in [1.54, 1.807) is 52.0 Å². The van der Waals surface area contributed by atoms with E-state index in [-0.39, 0.29) is 29.9 Å². The third-order valence-corrected chi connectivity index (χ3v) is 9.57. The smallest absolute Gasteiger partial charge is 0.274 e. The molecule has 254 valence electrons. The molecule has 0 fully saturated rings. The zero-order valence-corrected chi connectivity index (χ0v) is 28.9. The molecule has 49 heavy (non-hydrogen) atoms. The minimum atomic E-state index is -0.437. The van der Waals surface area contributed by atoms with Crippen molar-refractivity contribution in [2.45, 2.75) is 65.5 Å². The second-order valence-electron chi connectivity index (χ2n) is 12.5. The quantitative estimate of drug-likeness (QED) is 0.150. The van der Waals surface area contributed by atoms with Gasteiger partial charge in [0, 0.05) is 36.6 Å². The number of carbonyl (C=O) groups is 3. The van der Waals surface area contributed by atoms with Crippen molar-refractivity contribution >= 4 is 46.1 Å². The number of aliphatic hydroxyl groups is 1. The first-order valence-corrected chi connectivity index (χ1v) is 17.6. The lowest BCUT2D eigenvalue weighted by molar-refractivity contribution is 0.0544. The number of aromatic nitrogens is 2. The summed E-state index contributed by atoms with van der Waals surface area (Å²) in [6.07, 6.45) is 4.28. The molecule has 1 atom stereocenters. The molecule has 0 bridgehead atoms. The Bertz CT molecular complexity index is 1960. The molecule has 2 aliphatic rings. The summed E-state index contributed by atoms with van der Waals surface area (Å²) in [5.74, 6) is -0.811. The van der Waals surface area contributed by atoms with Crippen LogP contribution in [0.15, 0.2) is 75.5 Å². The lowest BCUT2D eigenvalue weighted by Crippen LogP contribution is -2.46. The highest BCUT2D eigenvalue weighted by atomic mass is 32.1. The monoisotopic (exact) mass is 679 g/mol. The van der Waals surface area contributed by atoms with Crippen molar-refractivity contribution in [1.82, 2.24) is 19.6 Å². The van der Waals surface area contributed by atoms with Crippen LogP contribution in [0.1, 0.15) is 87.6 Å². The van der Waals surface area contributed by atoms with Crippen LogP contribution >= 0.6 is 0 Å². The molecule has 11 nitrogen and oxygen atoms in total. The van der Waals surface area contributed by atoms with Crippen molar-refractivity contribution in [2.75, 3.05) is 25.0 Å². The van der Waals surface area contributed by atoms with Gasteiger partial charge in [-0.1, -0.05) is 51.0 Å². The molecule has 3 aromatic carbocycles. The number of hydrogen-bond acceptors (Lipinski definition) is 7. The lowest BCUT2D eigenvalue weighted by Gasteiger charge is -2.36. The summed E-state index contributed by atoms with van der Waals surface area (Å²) in [7, 11) is 0. The number of rotatable bonds is 12. The molecule has 0 radical (unpaired) electrons. The number of carbonyl (C=O) groups excluding carboxylic acids is 3. The van der Waals surface area contributed by atoms with Gasteiger partial charge in [0.15, 0.2) is 5.69 Å². The number of aryl methyl sites for hydroxylation is 1. The largest absolute Gasteiger partial charge is 0.394 e. The Kier molecular flexibility index (Phi) is 10.4. The van der Waals surface area contributed by atoms with Crippen molar-refractivity contribution < 1.29 is 19.5 Å². The summed E-state index contributed by atoms with van der Waals surface area (Å²) in [5, 5.41) is 18.1. The highest BCUT2D eigenvalue weighted by Crippen LogP contribution is 2.33. The van der Waals surface area contributed by atoms with E-state index < -0.39 is 6.04 Å². The maximum atomic E-state index is 14.6. The Morgan fingerprint density at radius 2 is 1.67 bits per heavy atom. The van der Waals surface area contributed by atoms with E-state index in [9.17, 15) is 19.5 Å². The van der Waals surface area contributed by atoms with Crippen LogP contribution in [0.5, 0.6) is 0 Å². The number of aliphatic hydroxyl groups excluding tert-OH is 1. The third kappa shape index (κ3) is 7.25. The van der Waals surface area contributed by atoms with Crippen LogP contribution in [-0.2, 0) is 24.3 Å². The topological polar surface area (TPSA) is 132 Å². The Labute approximate surface area is 289 Å². The summed E-state index contributed by atoms with van der Waals surface area (Å²) < 4.78 is 10.1. The second kappa shape index (κ2) is 15.1. The van der Waals surface area contributed by atoms with Gasteiger partial charge in [0.1, 0.15) is 11.4 Å². The fraction of sp³-hybridized carbons (Fsp3) is 0.351. The normalized spacial score (nSPS) is 14.6. The van der Waals surface area contributed by atoms with Crippen LogP contribution in [0.3, 0.4) is 0 Å². The molecule has 3 amide bonds. The molecule has 3 heterocycles. The van der Waals surface area contributed by atoms with E-state index in [1.165, 1.54) is 0 Å². The number of nitrogens with one attached hydrogen (secondary N) is 1. The van der Waals surface area contributed by atoms with Crippen LogP contribution in [0, 0.1) is 6.92 Å². The minimum absolute atomic E-state index is 0.138. The highest BCUT2D eigenvalue weighted by molar-refractivity contribution is 7.58. The number of unbranched alkanes of at least 4 members (excludes halogenated alkanes) is 2. The summed E-state index contributed by atoms with van der Waals surface area (Å²) in [6.45, 7) is 7.49. The molecular weight excluding hydrogens is 639 g/mol. The number of amides is 3. The average molecular weight is 680 g/mol. The molecule has 1 aromatic heterocycles. The summed E-state index contributed by atoms with van der Waals surface area (Å²) in [5.41, 5.74) is 6.04. The molecule has 0 saturated carbocycles. The highest BCUT2D eigenvalue weighted by Gasteiger charge is 2.32. The maximum absolute atomic E-state index is 14.6. The summed E-state index contributed by atoms with van der Waals surface area (Å²) in [4.78, 5) is 45.1. The van der Waals surface area contributed by atoms with E-state index in [2.05, 4.69) is 27.9 Å². The molecule has 2 aliphatic heterocycles. The van der Waals surface area contributed by atoms with Crippen molar-refractivity contribution in [3.63, 3.8) is 0 Å². The van der Waals surface area contributed by atoms with Gasteiger partial charge in [-0.3, -0.25) is 14.4 Å². The van der Waals surface area contributed by atoms with Crippen molar-refractivity contribution in [3.05, 3.63) is 100 Å². The first-order chi connectivity index (χ1) is 23.8. The van der Waals surface area contributed by atoms with Gasteiger partial charge in [-0.05, 0) is 79.8 Å². The Hall–Kier alpha value is -4.94. The molecule has 2 N–H and O–H groups in total. The first kappa shape index (κ1) is 33.9. The zero-order valence-electron chi connectivity index (χ0n) is 28.1. The van der Waals surface area contributed by atoms with Gasteiger partial charge in [0.2, 0.25) is 0 Å². The summed E-state index contributed by atoms with van der Waals surface area (Å²) >= 11 is 1.08. The van der Waals surface area contributed by atoms with E-state index in [0.29, 0.717) is 65.8 Å². The van der Waals surface area contributed by atoms with Gasteiger partial charge in [0.25, 0.3) is 17.7 Å². The van der Waals surface area contributed by atoms with Crippen LogP contribution < -0.4 is 5.32 Å². The van der Waals surface area contributed by atoms with Crippen molar-refractivity contribution in [2.24, 2.45) is 8.73 Å². The van der Waals surface area contributed by atoms with Crippen LogP contribution in [0.25, 0.3) is 5.69 Å². The molecule has 0 saturated heterocycles. The average Bonchev–Trinajstić information content (AvgIpc) is 3.76. The predicted molar refractivity (Wildman–Crippen MR) is 191 cm³/mol. The number of nitrogens with zero attached hydrogens (tertiary/aromatic N) is 6.